The van der Waals surface area contributed by atoms with Gasteiger partial charge in [-0.3, -0.25) is 0 Å². The van der Waals surface area contributed by atoms with Gasteiger partial charge in [-0.15, -0.1) is 0 Å². The van der Waals surface area contributed by atoms with Gasteiger partial charge in [-0.1, -0.05) is 0 Å². The van der Waals surface area contributed by atoms with Crippen LogP contribution in [0.3, 0.4) is 0 Å². The summed E-state index contributed by atoms with van der Waals surface area (Å²) in [6.45, 7) is 1.73. The van der Waals surface area contributed by atoms with E-state index in [1.807, 2.05) is 19.2 Å². The van der Waals surface area contributed by atoms with Crippen molar-refractivity contribution < 1.29 is 0 Å². The van der Waals surface area contributed by atoms with E-state index in [1.54, 1.807) is 6.20 Å². The number of anilines is 2. The topological polar surface area (TPSA) is 63.0 Å². The minimum absolute atomic E-state index is 0.689. The van der Waals surface area contributed by atoms with Crippen LogP contribution in [0.25, 0.3) is 0 Å². The molecule has 0 aliphatic carbocycles. The monoisotopic (exact) mass is 166 g/mol. The van der Waals surface area contributed by atoms with Crippen LogP contribution in [-0.2, 0) is 0 Å². The maximum absolute atomic E-state index is 5.66. The van der Waals surface area contributed by atoms with Crippen LogP contribution < -0.4 is 16.4 Å². The summed E-state index contributed by atoms with van der Waals surface area (Å²) >= 11 is 0. The summed E-state index contributed by atoms with van der Waals surface area (Å²) in [5.41, 5.74) is 6.35. The number of hydrogen-bond donors (Lipinski definition) is 3. The van der Waals surface area contributed by atoms with E-state index < -0.39 is 0 Å². The minimum atomic E-state index is 0.689. The Hall–Kier alpha value is -1.29. The van der Waals surface area contributed by atoms with Crippen molar-refractivity contribution in [3.8, 4) is 0 Å². The number of nitrogen functional groups attached to an aromatic ring is 1. The van der Waals surface area contributed by atoms with Gasteiger partial charge in [0, 0.05) is 19.3 Å². The van der Waals surface area contributed by atoms with Crippen LogP contribution in [0.2, 0.25) is 0 Å². The number of nitrogens with one attached hydrogen (secondary N) is 2. The van der Waals surface area contributed by atoms with Gasteiger partial charge in [-0.25, -0.2) is 4.98 Å². The van der Waals surface area contributed by atoms with Gasteiger partial charge in [0.2, 0.25) is 0 Å². The molecule has 0 aliphatic rings. The van der Waals surface area contributed by atoms with E-state index in [2.05, 4.69) is 15.6 Å². The largest absolute Gasteiger partial charge is 0.396 e. The number of hydrogen-bond acceptors (Lipinski definition) is 4. The minimum Gasteiger partial charge on any atom is -0.396 e. The molecule has 0 atom stereocenters. The molecule has 0 aromatic carbocycles. The molecule has 4 nitrogen and oxygen atoms in total. The first-order chi connectivity index (χ1) is 5.84. The standard InChI is InChI=1S/C8H14N4/c1-10-5-6-12-8-7(9)3-2-4-11-8/h2-4,10H,5-6,9H2,1H3,(H,11,12). The van der Waals surface area contributed by atoms with Gasteiger partial charge in [-0.2, -0.15) is 0 Å². The molecular weight excluding hydrogens is 152 g/mol. The second-order valence-electron chi connectivity index (χ2n) is 2.47. The lowest BCUT2D eigenvalue weighted by molar-refractivity contribution is 0.821. The second kappa shape index (κ2) is 4.56. The molecule has 1 rings (SSSR count). The summed E-state index contributed by atoms with van der Waals surface area (Å²) in [4.78, 5) is 4.09. The Bertz CT molecular complexity index is 236. The number of likely N-dealkylation sites (N-methyl/N-ethyl adjacent to an activating group) is 1. The van der Waals surface area contributed by atoms with Crippen LogP contribution in [0.15, 0.2) is 18.3 Å². The Labute approximate surface area is 72.2 Å². The third kappa shape index (κ3) is 2.39. The van der Waals surface area contributed by atoms with Crippen molar-refractivity contribution >= 4 is 11.5 Å². The molecule has 66 valence electrons. The number of pyridine rings is 1. The molecule has 0 amide bonds. The Balaban J connectivity index is 2.46. The van der Waals surface area contributed by atoms with E-state index in [-0.39, 0.29) is 0 Å². The molecular formula is C8H14N4. The van der Waals surface area contributed by atoms with Gasteiger partial charge in [0.1, 0.15) is 5.82 Å². The molecule has 4 heteroatoms. The van der Waals surface area contributed by atoms with Crippen molar-refractivity contribution in [2.45, 2.75) is 0 Å². The number of nitrogens with zero attached hydrogens (tertiary/aromatic N) is 1. The third-order valence-corrected chi connectivity index (χ3v) is 1.51. The van der Waals surface area contributed by atoms with Gasteiger partial charge < -0.3 is 16.4 Å². The molecule has 0 bridgehead atoms. The number of nitrogens with two attached hydrogens (primary N) is 1. The maximum atomic E-state index is 5.66. The highest BCUT2D eigenvalue weighted by Crippen LogP contribution is 2.11. The average molecular weight is 166 g/mol. The Kier molecular flexibility index (Phi) is 3.35. The molecule has 12 heavy (non-hydrogen) atoms. The zero-order valence-corrected chi connectivity index (χ0v) is 7.17. The zero-order valence-electron chi connectivity index (χ0n) is 7.17. The smallest absolute Gasteiger partial charge is 0.149 e. The fraction of sp³-hybridized carbons (Fsp3) is 0.375. The van der Waals surface area contributed by atoms with E-state index in [1.165, 1.54) is 0 Å². The van der Waals surface area contributed by atoms with Gasteiger partial charge in [0.05, 0.1) is 5.69 Å². The highest BCUT2D eigenvalue weighted by Gasteiger charge is 1.95. The first-order valence-corrected chi connectivity index (χ1v) is 3.93. The van der Waals surface area contributed by atoms with E-state index >= 15 is 0 Å². The predicted octanol–water partition coefficient (Wildman–Crippen LogP) is 0.295. The normalized spacial score (nSPS) is 9.75. The van der Waals surface area contributed by atoms with Crippen molar-refractivity contribution in [1.29, 1.82) is 0 Å². The van der Waals surface area contributed by atoms with Crippen molar-refractivity contribution in [2.75, 3.05) is 31.2 Å². The first-order valence-electron chi connectivity index (χ1n) is 3.93. The van der Waals surface area contributed by atoms with Crippen LogP contribution in [0.5, 0.6) is 0 Å². The fourth-order valence-electron chi connectivity index (χ4n) is 0.871. The highest BCUT2D eigenvalue weighted by molar-refractivity contribution is 5.60. The van der Waals surface area contributed by atoms with Gasteiger partial charge in [0.15, 0.2) is 0 Å². The Morgan fingerprint density at radius 3 is 3.00 bits per heavy atom. The summed E-state index contributed by atoms with van der Waals surface area (Å²) in [7, 11) is 1.91. The van der Waals surface area contributed by atoms with Gasteiger partial charge >= 0.3 is 0 Å². The first kappa shape index (κ1) is 8.80. The summed E-state index contributed by atoms with van der Waals surface area (Å²) in [5, 5.41) is 6.14. The number of rotatable bonds is 4. The van der Waals surface area contributed by atoms with Crippen LogP contribution >= 0.6 is 0 Å². The lowest BCUT2D eigenvalue weighted by atomic mass is 10.4. The van der Waals surface area contributed by atoms with Crippen LogP contribution in [0.1, 0.15) is 0 Å². The lowest BCUT2D eigenvalue weighted by Crippen LogP contribution is -2.18. The van der Waals surface area contributed by atoms with Crippen molar-refractivity contribution in [3.05, 3.63) is 18.3 Å². The fourth-order valence-corrected chi connectivity index (χ4v) is 0.871. The summed E-state index contributed by atoms with van der Waals surface area (Å²) < 4.78 is 0. The SMILES string of the molecule is CNCCNc1ncccc1N. The van der Waals surface area contributed by atoms with Crippen LogP contribution in [-0.4, -0.2) is 25.1 Å². The predicted molar refractivity (Wildman–Crippen MR) is 51.1 cm³/mol. The molecule has 0 radical (unpaired) electrons. The highest BCUT2D eigenvalue weighted by atomic mass is 15.0. The summed E-state index contributed by atoms with van der Waals surface area (Å²) in [6, 6.07) is 3.65. The molecule has 0 unspecified atom stereocenters. The van der Waals surface area contributed by atoms with E-state index in [9.17, 15) is 0 Å². The Morgan fingerprint density at radius 1 is 1.50 bits per heavy atom. The zero-order chi connectivity index (χ0) is 8.81. The second-order valence-corrected chi connectivity index (χ2v) is 2.47. The summed E-state index contributed by atoms with van der Waals surface area (Å²) in [5.74, 6) is 0.757. The third-order valence-electron chi connectivity index (χ3n) is 1.51. The van der Waals surface area contributed by atoms with Crippen LogP contribution in [0, 0.1) is 0 Å². The van der Waals surface area contributed by atoms with E-state index in [4.69, 9.17) is 5.73 Å². The molecule has 0 saturated carbocycles. The molecule has 0 fully saturated rings. The Morgan fingerprint density at radius 2 is 2.33 bits per heavy atom. The quantitative estimate of drug-likeness (QED) is 0.563. The maximum Gasteiger partial charge on any atom is 0.149 e. The van der Waals surface area contributed by atoms with Crippen molar-refractivity contribution in [2.24, 2.45) is 0 Å². The van der Waals surface area contributed by atoms with Crippen molar-refractivity contribution in [1.82, 2.24) is 10.3 Å². The van der Waals surface area contributed by atoms with Gasteiger partial charge in [-0.05, 0) is 19.2 Å². The molecule has 1 aromatic heterocycles. The number of aromatic nitrogens is 1. The molecule has 0 aliphatic heterocycles. The molecule has 1 heterocycles. The van der Waals surface area contributed by atoms with Crippen LogP contribution in [0.4, 0.5) is 11.5 Å². The average Bonchev–Trinajstić information content (AvgIpc) is 2.09. The summed E-state index contributed by atoms with van der Waals surface area (Å²) in [6.07, 6.45) is 1.72. The molecule has 4 N–H and O–H groups in total. The molecule has 1 aromatic rings. The lowest BCUT2D eigenvalue weighted by Gasteiger charge is -2.06. The van der Waals surface area contributed by atoms with Gasteiger partial charge in [0.25, 0.3) is 0 Å². The van der Waals surface area contributed by atoms with Crippen molar-refractivity contribution in [3.63, 3.8) is 0 Å². The van der Waals surface area contributed by atoms with E-state index in [0.717, 1.165) is 18.9 Å². The molecule has 0 spiro atoms. The van der Waals surface area contributed by atoms with E-state index in [0.29, 0.717) is 5.69 Å². The molecule has 0 saturated heterocycles.